The van der Waals surface area contributed by atoms with Crippen LogP contribution in [-0.2, 0) is 18.9 Å². The fourth-order valence-electron chi connectivity index (χ4n) is 10.4. The van der Waals surface area contributed by atoms with Gasteiger partial charge in [0.1, 0.15) is 0 Å². The molecule has 6 fully saturated rings. The third-order valence-corrected chi connectivity index (χ3v) is 12.3. The van der Waals surface area contributed by atoms with Crippen LogP contribution in [0.4, 0.5) is 0 Å². The molecule has 200 valence electrons. The van der Waals surface area contributed by atoms with E-state index < -0.39 is 11.4 Å². The van der Waals surface area contributed by atoms with E-state index in [1.165, 1.54) is 44.9 Å². The van der Waals surface area contributed by atoms with Crippen LogP contribution in [0.5, 0.6) is 0 Å². The molecule has 2 spiro atoms. The Balaban J connectivity index is 1.30. The number of hydrogen-bond donors (Lipinski definition) is 1. The molecule has 0 radical (unpaired) electrons. The van der Waals surface area contributed by atoms with Crippen LogP contribution in [0.3, 0.4) is 0 Å². The van der Waals surface area contributed by atoms with Gasteiger partial charge in [0.2, 0.25) is 0 Å². The maximum Gasteiger partial charge on any atom is 0.174 e. The first-order valence-corrected chi connectivity index (χ1v) is 15.1. The quantitative estimate of drug-likeness (QED) is 0.448. The predicted molar refractivity (Wildman–Crippen MR) is 135 cm³/mol. The highest BCUT2D eigenvalue weighted by molar-refractivity contribution is 5.19. The van der Waals surface area contributed by atoms with Gasteiger partial charge in [-0.1, -0.05) is 52.9 Å². The highest BCUT2D eigenvalue weighted by Crippen LogP contribution is 2.72. The molecule has 5 heteroatoms. The van der Waals surface area contributed by atoms with E-state index >= 15 is 0 Å². The molecule has 6 aliphatic rings. The van der Waals surface area contributed by atoms with Crippen LogP contribution >= 0.6 is 0 Å². The van der Waals surface area contributed by atoms with Crippen molar-refractivity contribution < 1.29 is 24.1 Å². The zero-order valence-corrected chi connectivity index (χ0v) is 22.6. The van der Waals surface area contributed by atoms with Crippen molar-refractivity contribution in [3.05, 3.63) is 0 Å². The van der Waals surface area contributed by atoms with Crippen molar-refractivity contribution in [2.24, 2.45) is 34.5 Å². The van der Waals surface area contributed by atoms with E-state index in [-0.39, 0.29) is 16.6 Å². The lowest BCUT2D eigenvalue weighted by atomic mass is 9.40. The van der Waals surface area contributed by atoms with Crippen LogP contribution in [0.15, 0.2) is 0 Å². The summed E-state index contributed by atoms with van der Waals surface area (Å²) in [6, 6.07) is 0. The Labute approximate surface area is 213 Å². The second-order valence-corrected chi connectivity index (χ2v) is 13.6. The van der Waals surface area contributed by atoms with Crippen molar-refractivity contribution >= 4 is 0 Å². The highest BCUT2D eigenvalue weighted by atomic mass is 16.7. The first-order chi connectivity index (χ1) is 16.8. The number of ether oxygens (including phenoxy) is 4. The molecule has 5 nitrogen and oxygen atoms in total. The molecule has 0 unspecified atom stereocenters. The molecule has 4 aliphatic carbocycles. The Hall–Kier alpha value is -0.200. The summed E-state index contributed by atoms with van der Waals surface area (Å²) in [4.78, 5) is 0. The molecule has 4 saturated carbocycles. The van der Waals surface area contributed by atoms with Crippen LogP contribution in [0.25, 0.3) is 0 Å². The Bertz CT molecular complexity index is 773. The van der Waals surface area contributed by atoms with Gasteiger partial charge in [-0.05, 0) is 62.2 Å². The van der Waals surface area contributed by atoms with Gasteiger partial charge in [-0.25, -0.2) is 0 Å². The van der Waals surface area contributed by atoms with E-state index in [1.54, 1.807) is 0 Å². The molecule has 0 aromatic carbocycles. The summed E-state index contributed by atoms with van der Waals surface area (Å²) < 4.78 is 25.2. The molecule has 7 atom stereocenters. The second kappa shape index (κ2) is 8.93. The van der Waals surface area contributed by atoms with Gasteiger partial charge in [-0.2, -0.15) is 0 Å². The lowest BCUT2D eigenvalue weighted by Gasteiger charge is -2.67. The maximum atomic E-state index is 12.8. The average molecular weight is 491 g/mol. The number of unbranched alkanes of at least 4 members (excludes halogenated alkanes) is 4. The molecular weight excluding hydrogens is 440 g/mol. The van der Waals surface area contributed by atoms with Crippen LogP contribution in [0, 0.1) is 34.5 Å². The van der Waals surface area contributed by atoms with E-state index in [4.69, 9.17) is 18.9 Å². The summed E-state index contributed by atoms with van der Waals surface area (Å²) in [6.07, 6.45) is 15.9. The maximum absolute atomic E-state index is 12.8. The SMILES string of the molecule is CCCCCCC[C@@H]1C[C@H]2[C@@H]3CCC4(OCCO4)[C@@]3(C)CC[C@@H]2[C@@]2(C)CCC3(C[C@]12O)OCCO3. The topological polar surface area (TPSA) is 57.2 Å². The third-order valence-electron chi connectivity index (χ3n) is 12.3. The number of aliphatic hydroxyl groups is 1. The van der Waals surface area contributed by atoms with Gasteiger partial charge >= 0.3 is 0 Å². The molecule has 1 N–H and O–H groups in total. The van der Waals surface area contributed by atoms with E-state index in [0.29, 0.717) is 43.3 Å². The number of rotatable bonds is 6. The van der Waals surface area contributed by atoms with Crippen LogP contribution in [0.2, 0.25) is 0 Å². The zero-order chi connectivity index (χ0) is 24.4. The molecule has 0 aromatic rings. The van der Waals surface area contributed by atoms with Gasteiger partial charge in [0.15, 0.2) is 11.6 Å². The van der Waals surface area contributed by atoms with Crippen molar-refractivity contribution in [2.75, 3.05) is 26.4 Å². The van der Waals surface area contributed by atoms with E-state index in [1.807, 2.05) is 0 Å². The molecule has 2 aliphatic heterocycles. The summed E-state index contributed by atoms with van der Waals surface area (Å²) in [5.41, 5.74) is -0.666. The van der Waals surface area contributed by atoms with Crippen LogP contribution in [-0.4, -0.2) is 48.7 Å². The smallest absolute Gasteiger partial charge is 0.174 e. The van der Waals surface area contributed by atoms with Crippen molar-refractivity contribution in [1.29, 1.82) is 0 Å². The van der Waals surface area contributed by atoms with Gasteiger partial charge < -0.3 is 24.1 Å². The second-order valence-electron chi connectivity index (χ2n) is 13.6. The summed E-state index contributed by atoms with van der Waals surface area (Å²) in [7, 11) is 0. The Morgan fingerprint density at radius 1 is 0.743 bits per heavy atom. The Morgan fingerprint density at radius 3 is 2.14 bits per heavy atom. The van der Waals surface area contributed by atoms with Gasteiger partial charge in [0.05, 0.1) is 32.0 Å². The highest BCUT2D eigenvalue weighted by Gasteiger charge is 2.72. The van der Waals surface area contributed by atoms with Gasteiger partial charge in [-0.15, -0.1) is 0 Å². The summed E-state index contributed by atoms with van der Waals surface area (Å²) in [5, 5.41) is 12.8. The van der Waals surface area contributed by atoms with Crippen molar-refractivity contribution in [1.82, 2.24) is 0 Å². The molecule has 35 heavy (non-hydrogen) atoms. The average Bonchev–Trinajstić information content (AvgIpc) is 3.57. The monoisotopic (exact) mass is 490 g/mol. The Kier molecular flexibility index (Phi) is 6.41. The molecule has 2 saturated heterocycles. The van der Waals surface area contributed by atoms with E-state index in [0.717, 1.165) is 51.7 Å². The number of fused-ring (bicyclic) bond motifs is 6. The standard InChI is InChI=1S/C30H50O5/c1-4-5-6-7-8-9-22-20-23-24(10-12-27(3)25(23)11-13-30(27)34-18-19-35-30)26(2)14-15-28(21-29(22,26)31)32-16-17-33-28/h22-25,31H,4-21H2,1-3H3/t22-,23-,24+,25+,26-,27+,29+/m1/s1. The van der Waals surface area contributed by atoms with E-state index in [2.05, 4.69) is 20.8 Å². The summed E-state index contributed by atoms with van der Waals surface area (Å²) in [6.45, 7) is 10.0. The van der Waals surface area contributed by atoms with E-state index in [9.17, 15) is 5.11 Å². The normalized spacial score (nSPS) is 47.7. The first kappa shape index (κ1) is 25.1. The molecule has 0 amide bonds. The summed E-state index contributed by atoms with van der Waals surface area (Å²) >= 11 is 0. The molecular formula is C30H50O5. The van der Waals surface area contributed by atoms with Crippen molar-refractivity contribution in [3.63, 3.8) is 0 Å². The minimum atomic E-state index is -0.702. The van der Waals surface area contributed by atoms with Crippen molar-refractivity contribution in [3.8, 4) is 0 Å². The predicted octanol–water partition coefficient (Wildman–Crippen LogP) is 6.22. The van der Waals surface area contributed by atoms with Crippen LogP contribution in [0.1, 0.15) is 111 Å². The fourth-order valence-corrected chi connectivity index (χ4v) is 10.4. The molecule has 6 rings (SSSR count). The lowest BCUT2D eigenvalue weighted by molar-refractivity contribution is -0.310. The minimum absolute atomic E-state index is 0.0704. The largest absolute Gasteiger partial charge is 0.389 e. The van der Waals surface area contributed by atoms with Gasteiger partial charge in [0, 0.05) is 30.1 Å². The van der Waals surface area contributed by atoms with Gasteiger partial charge in [0.25, 0.3) is 0 Å². The summed E-state index contributed by atoms with van der Waals surface area (Å²) in [5.74, 6) is 1.29. The molecule has 0 aromatic heterocycles. The van der Waals surface area contributed by atoms with Gasteiger partial charge in [-0.3, -0.25) is 0 Å². The fraction of sp³-hybridized carbons (Fsp3) is 1.00. The van der Waals surface area contributed by atoms with Crippen molar-refractivity contribution in [2.45, 2.75) is 128 Å². The molecule has 2 heterocycles. The zero-order valence-electron chi connectivity index (χ0n) is 22.6. The number of hydrogen-bond acceptors (Lipinski definition) is 5. The lowest BCUT2D eigenvalue weighted by Crippen LogP contribution is -2.69. The van der Waals surface area contributed by atoms with Crippen LogP contribution < -0.4 is 0 Å². The Morgan fingerprint density at radius 2 is 1.40 bits per heavy atom. The minimum Gasteiger partial charge on any atom is -0.389 e. The first-order valence-electron chi connectivity index (χ1n) is 15.1. The third kappa shape index (κ3) is 3.57. The molecule has 0 bridgehead atoms.